The van der Waals surface area contributed by atoms with Crippen molar-refractivity contribution in [1.82, 2.24) is 4.57 Å². The van der Waals surface area contributed by atoms with Crippen LogP contribution in [0.25, 0.3) is 0 Å². The molecule has 0 aliphatic rings. The van der Waals surface area contributed by atoms with Gasteiger partial charge in [0.2, 0.25) is 0 Å². The topological polar surface area (TPSA) is 21.5 Å². The number of rotatable bonds is 6. The van der Waals surface area contributed by atoms with Crippen molar-refractivity contribution < 1.29 is 9.71 Å². The van der Waals surface area contributed by atoms with Crippen LogP contribution in [0.5, 0.6) is 0 Å². The Labute approximate surface area is 107 Å². The van der Waals surface area contributed by atoms with Crippen molar-refractivity contribution in [1.29, 1.82) is 0 Å². The second-order valence-corrected chi connectivity index (χ2v) is 4.54. The summed E-state index contributed by atoms with van der Waals surface area (Å²) < 4.78 is 15.3. The zero-order valence-electron chi connectivity index (χ0n) is 10.8. The Morgan fingerprint density at radius 1 is 1.22 bits per heavy atom. The molecule has 0 saturated carbocycles. The number of quaternary nitrogens is 1. The van der Waals surface area contributed by atoms with Gasteiger partial charge < -0.3 is 9.88 Å². The maximum atomic E-state index is 13.1. The van der Waals surface area contributed by atoms with Crippen molar-refractivity contribution in [2.24, 2.45) is 0 Å². The van der Waals surface area contributed by atoms with Crippen molar-refractivity contribution in [2.75, 3.05) is 6.54 Å². The predicted molar refractivity (Wildman–Crippen MR) is 70.7 cm³/mol. The molecule has 0 bridgehead atoms. The zero-order chi connectivity index (χ0) is 12.8. The molecule has 1 aromatic carbocycles. The smallest absolute Gasteiger partial charge is 0.123 e. The largest absolute Gasteiger partial charge is 0.342 e. The fraction of sp³-hybridized carbons (Fsp3) is 0.333. The minimum Gasteiger partial charge on any atom is -0.342 e. The fourth-order valence-electron chi connectivity index (χ4n) is 2.08. The van der Waals surface area contributed by atoms with Crippen LogP contribution in [0.3, 0.4) is 0 Å². The molecule has 1 heterocycles. The van der Waals surface area contributed by atoms with Crippen molar-refractivity contribution >= 4 is 0 Å². The van der Waals surface area contributed by atoms with Crippen LogP contribution in [-0.2, 0) is 13.1 Å². The van der Waals surface area contributed by atoms with E-state index in [0.717, 1.165) is 25.2 Å². The van der Waals surface area contributed by atoms with E-state index in [1.807, 2.05) is 6.07 Å². The van der Waals surface area contributed by atoms with Gasteiger partial charge in [0.1, 0.15) is 12.4 Å². The highest BCUT2D eigenvalue weighted by Crippen LogP contribution is 2.08. The minimum absolute atomic E-state index is 0.168. The van der Waals surface area contributed by atoms with Crippen molar-refractivity contribution in [3.63, 3.8) is 0 Å². The quantitative estimate of drug-likeness (QED) is 0.755. The van der Waals surface area contributed by atoms with E-state index in [1.165, 1.54) is 18.2 Å². The first-order chi connectivity index (χ1) is 8.79. The molecule has 0 fully saturated rings. The summed E-state index contributed by atoms with van der Waals surface area (Å²) in [6, 6.07) is 11.0. The van der Waals surface area contributed by atoms with Gasteiger partial charge in [0.05, 0.1) is 12.2 Å². The summed E-state index contributed by atoms with van der Waals surface area (Å²) in [6.45, 7) is 5.05. The van der Waals surface area contributed by atoms with Crippen molar-refractivity contribution in [3.8, 4) is 0 Å². The molecule has 2 nitrogen and oxygen atoms in total. The standard InChI is InChI=1S/C15H19FN2/c1-2-8-17-11-15-7-4-9-18(15)12-13-5-3-6-14(16)10-13/h3-7,9-10,17H,2,8,11-12H2,1H3/p+1. The van der Waals surface area contributed by atoms with Crippen molar-refractivity contribution in [2.45, 2.75) is 26.4 Å². The molecule has 2 N–H and O–H groups in total. The summed E-state index contributed by atoms with van der Waals surface area (Å²) in [4.78, 5) is 0. The number of nitrogens with zero attached hydrogens (tertiary/aromatic N) is 1. The van der Waals surface area contributed by atoms with Gasteiger partial charge in [-0.2, -0.15) is 0 Å². The molecule has 96 valence electrons. The molecule has 0 spiro atoms. The monoisotopic (exact) mass is 247 g/mol. The Morgan fingerprint density at radius 2 is 2.11 bits per heavy atom. The molecular formula is C15H20FN2+. The van der Waals surface area contributed by atoms with Gasteiger partial charge in [-0.1, -0.05) is 19.1 Å². The predicted octanol–water partition coefficient (Wildman–Crippen LogP) is 2.15. The van der Waals surface area contributed by atoms with E-state index in [1.54, 1.807) is 12.1 Å². The van der Waals surface area contributed by atoms with E-state index in [-0.39, 0.29) is 5.82 Å². The summed E-state index contributed by atoms with van der Waals surface area (Å²) in [6.07, 6.45) is 3.24. The molecule has 2 rings (SSSR count). The number of benzene rings is 1. The molecule has 3 heteroatoms. The fourth-order valence-corrected chi connectivity index (χ4v) is 2.08. The maximum Gasteiger partial charge on any atom is 0.123 e. The molecule has 2 aromatic rings. The highest BCUT2D eigenvalue weighted by Gasteiger charge is 2.03. The molecule has 0 radical (unpaired) electrons. The normalized spacial score (nSPS) is 10.8. The van der Waals surface area contributed by atoms with Crippen LogP contribution >= 0.6 is 0 Å². The van der Waals surface area contributed by atoms with Gasteiger partial charge in [-0.15, -0.1) is 0 Å². The number of hydrogen-bond acceptors (Lipinski definition) is 0. The average molecular weight is 247 g/mol. The molecule has 0 unspecified atom stereocenters. The second-order valence-electron chi connectivity index (χ2n) is 4.54. The first-order valence-electron chi connectivity index (χ1n) is 6.49. The lowest BCUT2D eigenvalue weighted by Crippen LogP contribution is -2.82. The highest BCUT2D eigenvalue weighted by molar-refractivity contribution is 5.18. The summed E-state index contributed by atoms with van der Waals surface area (Å²) in [5, 5.41) is 2.30. The Morgan fingerprint density at radius 3 is 2.89 bits per heavy atom. The molecular weight excluding hydrogens is 227 g/mol. The summed E-state index contributed by atoms with van der Waals surface area (Å²) in [7, 11) is 0. The van der Waals surface area contributed by atoms with Gasteiger partial charge >= 0.3 is 0 Å². The number of nitrogens with two attached hydrogens (primary N) is 1. The van der Waals surface area contributed by atoms with Crippen LogP contribution < -0.4 is 5.32 Å². The minimum atomic E-state index is -0.168. The molecule has 0 aliphatic heterocycles. The molecule has 1 aromatic heterocycles. The number of hydrogen-bond donors (Lipinski definition) is 1. The first-order valence-corrected chi connectivity index (χ1v) is 6.49. The summed E-state index contributed by atoms with van der Waals surface area (Å²) >= 11 is 0. The summed E-state index contributed by atoms with van der Waals surface area (Å²) in [5.41, 5.74) is 2.29. The lowest BCUT2D eigenvalue weighted by molar-refractivity contribution is -0.671. The molecule has 0 saturated heterocycles. The van der Waals surface area contributed by atoms with Gasteiger partial charge in [0, 0.05) is 12.7 Å². The molecule has 0 atom stereocenters. The van der Waals surface area contributed by atoms with Gasteiger partial charge in [0.15, 0.2) is 0 Å². The van der Waals surface area contributed by atoms with E-state index in [0.29, 0.717) is 0 Å². The summed E-state index contributed by atoms with van der Waals surface area (Å²) in [5.74, 6) is -0.168. The average Bonchev–Trinajstić information content (AvgIpc) is 2.77. The Kier molecular flexibility index (Phi) is 4.53. The van der Waals surface area contributed by atoms with Gasteiger partial charge in [-0.3, -0.25) is 0 Å². The first kappa shape index (κ1) is 12.8. The highest BCUT2D eigenvalue weighted by atomic mass is 19.1. The van der Waals surface area contributed by atoms with Gasteiger partial charge in [0.25, 0.3) is 0 Å². The van der Waals surface area contributed by atoms with E-state index < -0.39 is 0 Å². The SMILES string of the molecule is CCC[NH2+]Cc1cccn1Cc1cccc(F)c1. The third-order valence-electron chi connectivity index (χ3n) is 3.01. The lowest BCUT2D eigenvalue weighted by Gasteiger charge is -2.08. The van der Waals surface area contributed by atoms with Gasteiger partial charge in [-0.25, -0.2) is 4.39 Å². The zero-order valence-corrected chi connectivity index (χ0v) is 10.8. The van der Waals surface area contributed by atoms with E-state index in [4.69, 9.17) is 0 Å². The van der Waals surface area contributed by atoms with Crippen LogP contribution in [0.4, 0.5) is 4.39 Å². The Hall–Kier alpha value is -1.61. The Bertz CT molecular complexity index is 491. The molecule has 0 aliphatic carbocycles. The molecule has 18 heavy (non-hydrogen) atoms. The maximum absolute atomic E-state index is 13.1. The van der Waals surface area contributed by atoms with Crippen LogP contribution in [0.1, 0.15) is 24.6 Å². The third-order valence-corrected chi connectivity index (χ3v) is 3.01. The lowest BCUT2D eigenvalue weighted by atomic mass is 10.2. The van der Waals surface area contributed by atoms with Crippen molar-refractivity contribution in [3.05, 3.63) is 59.7 Å². The van der Waals surface area contributed by atoms with E-state index in [2.05, 4.69) is 35.1 Å². The Balaban J connectivity index is 2.03. The second kappa shape index (κ2) is 6.36. The van der Waals surface area contributed by atoms with Crippen LogP contribution in [0, 0.1) is 5.82 Å². The van der Waals surface area contributed by atoms with Crippen LogP contribution in [0.15, 0.2) is 42.6 Å². The van der Waals surface area contributed by atoms with Gasteiger partial charge in [-0.05, 0) is 36.2 Å². The third kappa shape index (κ3) is 3.44. The number of halogens is 1. The van der Waals surface area contributed by atoms with Crippen LogP contribution in [-0.4, -0.2) is 11.1 Å². The van der Waals surface area contributed by atoms with E-state index in [9.17, 15) is 4.39 Å². The van der Waals surface area contributed by atoms with E-state index >= 15 is 0 Å². The molecule has 0 amide bonds. The number of aromatic nitrogens is 1. The van der Waals surface area contributed by atoms with Crippen LogP contribution in [0.2, 0.25) is 0 Å².